The lowest BCUT2D eigenvalue weighted by Crippen LogP contribution is -2.10. The molecule has 0 aromatic heterocycles. The number of alkyl halides is 2. The maximum atomic E-state index is 12.3. The van der Waals surface area contributed by atoms with Gasteiger partial charge in [-0.15, -0.1) is 0 Å². The summed E-state index contributed by atoms with van der Waals surface area (Å²) >= 11 is 0. The molecule has 2 atom stereocenters. The minimum absolute atomic E-state index is 0.317. The van der Waals surface area contributed by atoms with Crippen LogP contribution in [0.5, 0.6) is 0 Å². The van der Waals surface area contributed by atoms with E-state index in [-0.39, 0.29) is 0 Å². The highest BCUT2D eigenvalue weighted by Gasteiger charge is 2.71. The molecule has 9 heavy (non-hydrogen) atoms. The number of fused-ring (bicyclic) bond motifs is 1. The molecule has 2 saturated carbocycles. The van der Waals surface area contributed by atoms with Crippen LogP contribution in [0.3, 0.4) is 0 Å². The first-order chi connectivity index (χ1) is 4.12. The van der Waals surface area contributed by atoms with Crippen LogP contribution < -0.4 is 0 Å². The van der Waals surface area contributed by atoms with E-state index in [2.05, 4.69) is 0 Å². The van der Waals surface area contributed by atoms with Gasteiger partial charge < -0.3 is 5.11 Å². The van der Waals surface area contributed by atoms with Crippen molar-refractivity contribution in [2.45, 2.75) is 24.9 Å². The van der Waals surface area contributed by atoms with Crippen molar-refractivity contribution >= 4 is 0 Å². The average Bonchev–Trinajstić information content (AvgIpc) is 2.27. The van der Waals surface area contributed by atoms with Gasteiger partial charge in [-0.3, -0.25) is 0 Å². The summed E-state index contributed by atoms with van der Waals surface area (Å²) in [6, 6.07) is 0. The van der Waals surface area contributed by atoms with Gasteiger partial charge in [0.1, 0.15) is 0 Å². The Morgan fingerprint density at radius 1 is 1.22 bits per heavy atom. The van der Waals surface area contributed by atoms with Crippen molar-refractivity contribution in [1.29, 1.82) is 0 Å². The first-order valence-electron chi connectivity index (χ1n) is 3.18. The van der Waals surface area contributed by atoms with E-state index in [4.69, 9.17) is 5.11 Å². The molecule has 2 aliphatic rings. The van der Waals surface area contributed by atoms with Crippen LogP contribution in [0.4, 0.5) is 8.78 Å². The van der Waals surface area contributed by atoms with Gasteiger partial charge in [0.15, 0.2) is 0 Å². The summed E-state index contributed by atoms with van der Waals surface area (Å²) in [5, 5.41) is 8.83. The Hall–Kier alpha value is -0.180. The fourth-order valence-corrected chi connectivity index (χ4v) is 1.79. The Bertz CT molecular complexity index is 132. The molecule has 52 valence electrons. The minimum Gasteiger partial charge on any atom is -0.393 e. The average molecular weight is 134 g/mol. The molecule has 0 bridgehead atoms. The van der Waals surface area contributed by atoms with Gasteiger partial charge in [0, 0.05) is 11.8 Å². The molecular weight excluding hydrogens is 126 g/mol. The number of hydrogen-bond donors (Lipinski definition) is 1. The van der Waals surface area contributed by atoms with Gasteiger partial charge in [0.05, 0.1) is 6.10 Å². The summed E-state index contributed by atoms with van der Waals surface area (Å²) in [6.45, 7) is 0. The molecule has 0 unspecified atom stereocenters. The van der Waals surface area contributed by atoms with Crippen LogP contribution in [0, 0.1) is 11.8 Å². The van der Waals surface area contributed by atoms with Crippen molar-refractivity contribution in [2.24, 2.45) is 11.8 Å². The summed E-state index contributed by atoms with van der Waals surface area (Å²) in [7, 11) is 0. The Morgan fingerprint density at radius 2 is 1.67 bits per heavy atom. The van der Waals surface area contributed by atoms with Gasteiger partial charge in [-0.2, -0.15) is 0 Å². The smallest absolute Gasteiger partial charge is 0.254 e. The Morgan fingerprint density at radius 3 is 2.00 bits per heavy atom. The molecule has 0 amide bonds. The summed E-state index contributed by atoms with van der Waals surface area (Å²) in [5.41, 5.74) is 0. The van der Waals surface area contributed by atoms with Crippen LogP contribution in [0.1, 0.15) is 12.8 Å². The van der Waals surface area contributed by atoms with Crippen molar-refractivity contribution in [3.05, 3.63) is 0 Å². The number of aliphatic hydroxyl groups is 1. The van der Waals surface area contributed by atoms with E-state index in [0.29, 0.717) is 12.8 Å². The van der Waals surface area contributed by atoms with Crippen molar-refractivity contribution in [3.63, 3.8) is 0 Å². The van der Waals surface area contributed by atoms with E-state index in [1.807, 2.05) is 0 Å². The molecule has 1 nitrogen and oxygen atoms in total. The van der Waals surface area contributed by atoms with E-state index >= 15 is 0 Å². The summed E-state index contributed by atoms with van der Waals surface area (Å²) < 4.78 is 24.6. The van der Waals surface area contributed by atoms with E-state index in [9.17, 15) is 8.78 Å². The normalized spacial score (nSPS) is 47.0. The van der Waals surface area contributed by atoms with Crippen molar-refractivity contribution in [2.75, 3.05) is 0 Å². The van der Waals surface area contributed by atoms with Gasteiger partial charge in [0.25, 0.3) is 5.92 Å². The molecule has 0 aromatic carbocycles. The second-order valence-electron chi connectivity index (χ2n) is 3.01. The lowest BCUT2D eigenvalue weighted by molar-refractivity contribution is 0.0406. The van der Waals surface area contributed by atoms with Crippen LogP contribution in [-0.4, -0.2) is 17.1 Å². The zero-order valence-electron chi connectivity index (χ0n) is 4.85. The van der Waals surface area contributed by atoms with Gasteiger partial charge in [0.2, 0.25) is 0 Å². The van der Waals surface area contributed by atoms with Gasteiger partial charge in [-0.1, -0.05) is 0 Å². The monoisotopic (exact) mass is 134 g/mol. The molecule has 3 heteroatoms. The van der Waals surface area contributed by atoms with Crippen LogP contribution in [0.25, 0.3) is 0 Å². The standard InChI is InChI=1S/C6H8F2O/c7-6(8)4-1-3(9)2-5(4)6/h3-5,9H,1-2H2/t4-,5-/m0/s1. The van der Waals surface area contributed by atoms with Crippen LogP contribution in [0.2, 0.25) is 0 Å². The quantitative estimate of drug-likeness (QED) is 0.524. The molecule has 0 spiro atoms. The molecule has 0 aromatic rings. The van der Waals surface area contributed by atoms with Crippen molar-refractivity contribution in [3.8, 4) is 0 Å². The van der Waals surface area contributed by atoms with E-state index in [1.54, 1.807) is 0 Å². The first kappa shape index (κ1) is 5.59. The summed E-state index contributed by atoms with van der Waals surface area (Å²) in [6.07, 6.45) is 0.189. The molecular formula is C6H8F2O. The van der Waals surface area contributed by atoms with Crippen LogP contribution in [-0.2, 0) is 0 Å². The largest absolute Gasteiger partial charge is 0.393 e. The molecule has 2 rings (SSSR count). The number of rotatable bonds is 0. The summed E-state index contributed by atoms with van der Waals surface area (Å²) in [4.78, 5) is 0. The lowest BCUT2D eigenvalue weighted by atomic mass is 10.2. The zero-order valence-corrected chi connectivity index (χ0v) is 4.85. The Labute approximate surface area is 51.7 Å². The van der Waals surface area contributed by atoms with Gasteiger partial charge in [-0.05, 0) is 12.8 Å². The Kier molecular flexibility index (Phi) is 0.799. The minimum atomic E-state index is -2.42. The van der Waals surface area contributed by atoms with Crippen LogP contribution in [0.15, 0.2) is 0 Å². The summed E-state index contributed by atoms with van der Waals surface area (Å²) in [5.74, 6) is -3.38. The maximum absolute atomic E-state index is 12.3. The lowest BCUT2D eigenvalue weighted by Gasteiger charge is -2.05. The SMILES string of the molecule is OC1C[C@H]2[C@H](C1)C2(F)F. The third-order valence-corrected chi connectivity index (χ3v) is 2.42. The predicted octanol–water partition coefficient (Wildman–Crippen LogP) is 1.02. The second-order valence-corrected chi connectivity index (χ2v) is 3.01. The van der Waals surface area contributed by atoms with E-state index in [1.165, 1.54) is 0 Å². The molecule has 0 heterocycles. The Balaban J connectivity index is 2.06. The highest BCUT2D eigenvalue weighted by atomic mass is 19.3. The fourth-order valence-electron chi connectivity index (χ4n) is 1.79. The molecule has 2 aliphatic carbocycles. The fraction of sp³-hybridized carbons (Fsp3) is 1.00. The molecule has 2 fully saturated rings. The molecule has 0 radical (unpaired) electrons. The molecule has 1 N–H and O–H groups in total. The van der Waals surface area contributed by atoms with E-state index in [0.717, 1.165) is 0 Å². The number of aliphatic hydroxyl groups excluding tert-OH is 1. The van der Waals surface area contributed by atoms with Gasteiger partial charge in [-0.25, -0.2) is 8.78 Å². The number of halogens is 2. The number of hydrogen-bond acceptors (Lipinski definition) is 1. The highest BCUT2D eigenvalue weighted by molar-refractivity contribution is 5.11. The third-order valence-electron chi connectivity index (χ3n) is 2.42. The van der Waals surface area contributed by atoms with Gasteiger partial charge >= 0.3 is 0 Å². The highest BCUT2D eigenvalue weighted by Crippen LogP contribution is 2.63. The second kappa shape index (κ2) is 1.29. The topological polar surface area (TPSA) is 20.2 Å². The molecule has 0 aliphatic heterocycles. The van der Waals surface area contributed by atoms with Crippen molar-refractivity contribution in [1.82, 2.24) is 0 Å². The predicted molar refractivity (Wildman–Crippen MR) is 27.2 cm³/mol. The molecule has 0 saturated heterocycles. The van der Waals surface area contributed by atoms with Crippen LogP contribution >= 0.6 is 0 Å². The first-order valence-corrected chi connectivity index (χ1v) is 3.18. The maximum Gasteiger partial charge on any atom is 0.254 e. The zero-order chi connectivity index (χ0) is 6.65. The van der Waals surface area contributed by atoms with Crippen molar-refractivity contribution < 1.29 is 13.9 Å². The van der Waals surface area contributed by atoms with E-state index < -0.39 is 23.9 Å². The third kappa shape index (κ3) is 0.556.